The van der Waals surface area contributed by atoms with Gasteiger partial charge in [-0.25, -0.2) is 9.18 Å². The Labute approximate surface area is 88.1 Å². The van der Waals surface area contributed by atoms with Gasteiger partial charge in [0.1, 0.15) is 5.82 Å². The maximum Gasteiger partial charge on any atom is 0.331 e. The summed E-state index contributed by atoms with van der Waals surface area (Å²) in [5.74, 6) is -1.39. The topological polar surface area (TPSA) is 37.3 Å². The molecule has 0 fully saturated rings. The van der Waals surface area contributed by atoms with E-state index in [0.29, 0.717) is 12.0 Å². The average molecular weight is 208 g/mol. The second kappa shape index (κ2) is 4.73. The molecule has 0 spiro atoms. The van der Waals surface area contributed by atoms with Gasteiger partial charge in [-0.1, -0.05) is 19.1 Å². The molecule has 15 heavy (non-hydrogen) atoms. The van der Waals surface area contributed by atoms with Crippen LogP contribution in [0.15, 0.2) is 23.8 Å². The van der Waals surface area contributed by atoms with Gasteiger partial charge < -0.3 is 5.11 Å². The first-order chi connectivity index (χ1) is 7.04. The van der Waals surface area contributed by atoms with E-state index in [1.165, 1.54) is 12.1 Å². The van der Waals surface area contributed by atoms with Crippen LogP contribution in [0.2, 0.25) is 0 Å². The summed E-state index contributed by atoms with van der Waals surface area (Å²) in [7, 11) is 0. The minimum atomic E-state index is -1.00. The van der Waals surface area contributed by atoms with E-state index in [1.807, 2.05) is 0 Å². The van der Waals surface area contributed by atoms with Crippen LogP contribution in [0.5, 0.6) is 0 Å². The van der Waals surface area contributed by atoms with Crippen molar-refractivity contribution in [3.05, 3.63) is 40.7 Å². The molecule has 1 rings (SSSR count). The first kappa shape index (κ1) is 11.4. The molecule has 0 aliphatic rings. The Morgan fingerprint density at radius 3 is 2.67 bits per heavy atom. The maximum absolute atomic E-state index is 13.4. The smallest absolute Gasteiger partial charge is 0.331 e. The largest absolute Gasteiger partial charge is 0.478 e. The number of aryl methyl sites for hydroxylation is 1. The number of carboxylic acid groups (broad SMARTS) is 1. The molecule has 0 radical (unpaired) electrons. The lowest BCUT2D eigenvalue weighted by Crippen LogP contribution is -1.99. The maximum atomic E-state index is 13.4. The lowest BCUT2D eigenvalue weighted by atomic mass is 10.1. The number of carboxylic acids is 1. The number of carbonyl (C=O) groups is 1. The van der Waals surface area contributed by atoms with Crippen LogP contribution >= 0.6 is 0 Å². The molecular weight excluding hydrogens is 195 g/mol. The van der Waals surface area contributed by atoms with E-state index in [1.54, 1.807) is 26.0 Å². The van der Waals surface area contributed by atoms with Crippen LogP contribution in [0.25, 0.3) is 6.08 Å². The fraction of sp³-hybridized carbons (Fsp3) is 0.250. The van der Waals surface area contributed by atoms with Gasteiger partial charge >= 0.3 is 5.97 Å². The predicted octanol–water partition coefficient (Wildman–Crippen LogP) is 3.01. The molecule has 0 bridgehead atoms. The Morgan fingerprint density at radius 2 is 2.20 bits per heavy atom. The standard InChI is InChI=1S/C12H13FO2/c1-3-9(12(14)15)7-10-5-4-8(2)6-11(10)13/h4-7H,3H2,1-2H3,(H,14,15)/b9-7+. The first-order valence-corrected chi connectivity index (χ1v) is 4.74. The third-order valence-corrected chi connectivity index (χ3v) is 2.14. The molecule has 2 nitrogen and oxygen atoms in total. The van der Waals surface area contributed by atoms with Crippen molar-refractivity contribution in [1.29, 1.82) is 0 Å². The molecule has 0 saturated carbocycles. The Morgan fingerprint density at radius 1 is 1.53 bits per heavy atom. The summed E-state index contributed by atoms with van der Waals surface area (Å²) < 4.78 is 13.4. The molecule has 3 heteroatoms. The highest BCUT2D eigenvalue weighted by molar-refractivity contribution is 5.92. The third kappa shape index (κ3) is 2.91. The summed E-state index contributed by atoms with van der Waals surface area (Å²) >= 11 is 0. The van der Waals surface area contributed by atoms with Crippen molar-refractivity contribution in [2.75, 3.05) is 0 Å². The van der Waals surface area contributed by atoms with Crippen LogP contribution in [0.1, 0.15) is 24.5 Å². The molecule has 80 valence electrons. The van der Waals surface area contributed by atoms with Gasteiger partial charge in [0.25, 0.3) is 0 Å². The first-order valence-electron chi connectivity index (χ1n) is 4.74. The molecule has 0 aliphatic carbocycles. The van der Waals surface area contributed by atoms with Gasteiger partial charge in [-0.05, 0) is 31.1 Å². The Balaban J connectivity index is 3.12. The second-order valence-corrected chi connectivity index (χ2v) is 3.35. The van der Waals surface area contributed by atoms with E-state index in [4.69, 9.17) is 5.11 Å². The van der Waals surface area contributed by atoms with Gasteiger partial charge in [0.15, 0.2) is 0 Å². The Kier molecular flexibility index (Phi) is 3.61. The second-order valence-electron chi connectivity index (χ2n) is 3.35. The highest BCUT2D eigenvalue weighted by Gasteiger charge is 2.06. The van der Waals surface area contributed by atoms with Gasteiger partial charge in [0, 0.05) is 11.1 Å². The number of aliphatic carboxylic acids is 1. The van der Waals surface area contributed by atoms with Crippen molar-refractivity contribution in [1.82, 2.24) is 0 Å². The molecule has 0 unspecified atom stereocenters. The minimum absolute atomic E-state index is 0.206. The SMILES string of the molecule is CC/C(=C\c1ccc(C)cc1F)C(=O)O. The van der Waals surface area contributed by atoms with Gasteiger partial charge in [0.05, 0.1) is 0 Å². The van der Waals surface area contributed by atoms with Crippen molar-refractivity contribution in [3.63, 3.8) is 0 Å². The number of hydrogen-bond acceptors (Lipinski definition) is 1. The van der Waals surface area contributed by atoms with E-state index in [0.717, 1.165) is 5.56 Å². The number of rotatable bonds is 3. The van der Waals surface area contributed by atoms with Crippen molar-refractivity contribution < 1.29 is 14.3 Å². The summed E-state index contributed by atoms with van der Waals surface area (Å²) in [6.07, 6.45) is 1.75. The number of hydrogen-bond donors (Lipinski definition) is 1. The van der Waals surface area contributed by atoms with Crippen LogP contribution in [-0.2, 0) is 4.79 Å². The van der Waals surface area contributed by atoms with Crippen LogP contribution in [-0.4, -0.2) is 11.1 Å². The zero-order chi connectivity index (χ0) is 11.4. The molecule has 1 aromatic carbocycles. The van der Waals surface area contributed by atoms with E-state index in [9.17, 15) is 9.18 Å². The van der Waals surface area contributed by atoms with Gasteiger partial charge in [-0.15, -0.1) is 0 Å². The summed E-state index contributed by atoms with van der Waals surface area (Å²) in [6.45, 7) is 3.51. The molecule has 0 amide bonds. The lowest BCUT2D eigenvalue weighted by Gasteiger charge is -2.01. The third-order valence-electron chi connectivity index (χ3n) is 2.14. The molecule has 0 aromatic heterocycles. The molecule has 1 aromatic rings. The summed E-state index contributed by atoms with van der Waals surface area (Å²) in [6, 6.07) is 4.73. The monoisotopic (exact) mass is 208 g/mol. The molecule has 1 N–H and O–H groups in total. The molecule has 0 aliphatic heterocycles. The normalized spacial score (nSPS) is 11.5. The van der Waals surface area contributed by atoms with Crippen LogP contribution in [0.3, 0.4) is 0 Å². The van der Waals surface area contributed by atoms with Crippen molar-refractivity contribution in [3.8, 4) is 0 Å². The van der Waals surface area contributed by atoms with Crippen LogP contribution < -0.4 is 0 Å². The predicted molar refractivity (Wildman–Crippen MR) is 57.0 cm³/mol. The Bertz CT molecular complexity index is 408. The highest BCUT2D eigenvalue weighted by atomic mass is 19.1. The summed E-state index contributed by atoms with van der Waals surface area (Å²) in [4.78, 5) is 10.7. The quantitative estimate of drug-likeness (QED) is 0.775. The van der Waals surface area contributed by atoms with Crippen molar-refractivity contribution in [2.45, 2.75) is 20.3 Å². The van der Waals surface area contributed by atoms with Gasteiger partial charge in [-0.3, -0.25) is 0 Å². The average Bonchev–Trinajstić information content (AvgIpc) is 2.16. The van der Waals surface area contributed by atoms with Gasteiger partial charge in [0.2, 0.25) is 0 Å². The number of halogens is 1. The van der Waals surface area contributed by atoms with Crippen molar-refractivity contribution >= 4 is 12.0 Å². The molecule has 0 saturated heterocycles. The fourth-order valence-electron chi connectivity index (χ4n) is 1.25. The van der Waals surface area contributed by atoms with E-state index < -0.39 is 5.97 Å². The summed E-state index contributed by atoms with van der Waals surface area (Å²) in [5.41, 5.74) is 1.34. The van der Waals surface area contributed by atoms with Crippen molar-refractivity contribution in [2.24, 2.45) is 0 Å². The zero-order valence-corrected chi connectivity index (χ0v) is 8.75. The molecule has 0 heterocycles. The molecular formula is C12H13FO2. The van der Waals surface area contributed by atoms with Crippen LogP contribution in [0.4, 0.5) is 4.39 Å². The fourth-order valence-corrected chi connectivity index (χ4v) is 1.25. The lowest BCUT2D eigenvalue weighted by molar-refractivity contribution is -0.132. The van der Waals surface area contributed by atoms with E-state index >= 15 is 0 Å². The van der Waals surface area contributed by atoms with Gasteiger partial charge in [-0.2, -0.15) is 0 Å². The minimum Gasteiger partial charge on any atom is -0.478 e. The zero-order valence-electron chi connectivity index (χ0n) is 8.75. The number of benzene rings is 1. The molecule has 0 atom stereocenters. The van der Waals surface area contributed by atoms with E-state index in [2.05, 4.69) is 0 Å². The highest BCUT2D eigenvalue weighted by Crippen LogP contribution is 2.15. The Hall–Kier alpha value is -1.64. The van der Waals surface area contributed by atoms with E-state index in [-0.39, 0.29) is 11.4 Å². The summed E-state index contributed by atoms with van der Waals surface area (Å²) in [5, 5.41) is 8.79. The van der Waals surface area contributed by atoms with Crippen LogP contribution in [0, 0.1) is 12.7 Å².